The van der Waals surface area contributed by atoms with Gasteiger partial charge in [-0.15, -0.1) is 0 Å². The minimum atomic E-state index is -0.741. The normalized spacial score (nSPS) is 10.0. The highest BCUT2D eigenvalue weighted by molar-refractivity contribution is 7.98. The molecule has 66 valence electrons. The molecular formula is C8H10O3S. The molecule has 0 saturated carbocycles. The topological polar surface area (TPSA) is 50.4 Å². The van der Waals surface area contributed by atoms with Crippen LogP contribution in [-0.4, -0.2) is 16.8 Å². The molecule has 1 aromatic rings. The fourth-order valence-electron chi connectivity index (χ4n) is 0.724. The summed E-state index contributed by atoms with van der Waals surface area (Å²) in [6.45, 7) is 0. The summed E-state index contributed by atoms with van der Waals surface area (Å²) in [6, 6.07) is 1.88. The smallest absolute Gasteiger partial charge is 0.304 e. The van der Waals surface area contributed by atoms with Crippen molar-refractivity contribution < 1.29 is 14.3 Å². The fourth-order valence-corrected chi connectivity index (χ4v) is 1.59. The first-order valence-corrected chi connectivity index (χ1v) is 4.75. The molecule has 0 fully saturated rings. The van der Waals surface area contributed by atoms with Crippen molar-refractivity contribution >= 4 is 17.7 Å². The summed E-state index contributed by atoms with van der Waals surface area (Å²) in [4.78, 5) is 10.1. The van der Waals surface area contributed by atoms with Gasteiger partial charge in [0.15, 0.2) is 0 Å². The van der Waals surface area contributed by atoms with E-state index in [9.17, 15) is 4.79 Å². The van der Waals surface area contributed by atoms with Gasteiger partial charge < -0.3 is 9.52 Å². The average molecular weight is 186 g/mol. The van der Waals surface area contributed by atoms with Crippen molar-refractivity contribution in [2.24, 2.45) is 0 Å². The number of aliphatic carboxylic acids is 1. The Morgan fingerprint density at radius 2 is 2.50 bits per heavy atom. The van der Waals surface area contributed by atoms with Crippen LogP contribution in [0.1, 0.15) is 12.0 Å². The second-order valence-electron chi connectivity index (χ2n) is 2.33. The lowest BCUT2D eigenvalue weighted by Crippen LogP contribution is -1.95. The molecule has 0 aliphatic heterocycles. The van der Waals surface area contributed by atoms with Crippen molar-refractivity contribution in [3.8, 4) is 0 Å². The Hall–Kier alpha value is -0.900. The first kappa shape index (κ1) is 9.19. The van der Waals surface area contributed by atoms with Crippen LogP contribution in [0.25, 0.3) is 0 Å². The molecule has 0 atom stereocenters. The Labute approximate surface area is 74.8 Å². The molecule has 0 bridgehead atoms. The lowest BCUT2D eigenvalue weighted by Gasteiger charge is -1.94. The highest BCUT2D eigenvalue weighted by Gasteiger charge is 1.98. The zero-order chi connectivity index (χ0) is 8.81. The third-order valence-electron chi connectivity index (χ3n) is 1.31. The van der Waals surface area contributed by atoms with E-state index in [1.54, 1.807) is 24.3 Å². The standard InChI is InChI=1S/C8H10O3S/c9-8(10)2-4-12-6-7-1-3-11-5-7/h1,3,5H,2,4,6H2,(H,9,10). The number of hydrogen-bond acceptors (Lipinski definition) is 3. The van der Waals surface area contributed by atoms with Gasteiger partial charge in [0.05, 0.1) is 18.9 Å². The Morgan fingerprint density at radius 1 is 1.67 bits per heavy atom. The monoisotopic (exact) mass is 186 g/mol. The minimum absolute atomic E-state index is 0.225. The zero-order valence-corrected chi connectivity index (χ0v) is 7.34. The summed E-state index contributed by atoms with van der Waals surface area (Å²) in [5, 5.41) is 8.34. The molecule has 1 aromatic heterocycles. The van der Waals surface area contributed by atoms with Gasteiger partial charge in [-0.2, -0.15) is 11.8 Å². The van der Waals surface area contributed by atoms with Gasteiger partial charge in [-0.3, -0.25) is 4.79 Å². The third-order valence-corrected chi connectivity index (χ3v) is 2.34. The van der Waals surface area contributed by atoms with Crippen LogP contribution in [0.4, 0.5) is 0 Å². The molecular weight excluding hydrogens is 176 g/mol. The van der Waals surface area contributed by atoms with E-state index in [1.807, 2.05) is 6.07 Å². The van der Waals surface area contributed by atoms with Gasteiger partial charge in [-0.1, -0.05) is 0 Å². The third kappa shape index (κ3) is 3.48. The summed E-state index contributed by atoms with van der Waals surface area (Å²) in [7, 11) is 0. The molecule has 4 heteroatoms. The van der Waals surface area contributed by atoms with E-state index in [2.05, 4.69) is 0 Å². The Morgan fingerprint density at radius 3 is 3.08 bits per heavy atom. The molecule has 1 rings (SSSR count). The zero-order valence-electron chi connectivity index (χ0n) is 6.53. The van der Waals surface area contributed by atoms with E-state index >= 15 is 0 Å². The van der Waals surface area contributed by atoms with Crippen LogP contribution in [0.15, 0.2) is 23.0 Å². The molecule has 0 aliphatic carbocycles. The van der Waals surface area contributed by atoms with Gasteiger partial charge in [0.25, 0.3) is 0 Å². The predicted octanol–water partition coefficient (Wildman–Crippen LogP) is 1.99. The molecule has 0 amide bonds. The number of furan rings is 1. The summed E-state index contributed by atoms with van der Waals surface area (Å²) in [5.41, 5.74) is 1.10. The number of hydrogen-bond donors (Lipinski definition) is 1. The van der Waals surface area contributed by atoms with Crippen LogP contribution < -0.4 is 0 Å². The van der Waals surface area contributed by atoms with Gasteiger partial charge in [0.2, 0.25) is 0 Å². The van der Waals surface area contributed by atoms with Gasteiger partial charge >= 0.3 is 5.97 Å². The van der Waals surface area contributed by atoms with Crippen molar-refractivity contribution in [3.63, 3.8) is 0 Å². The molecule has 0 aliphatic rings. The molecule has 0 spiro atoms. The van der Waals surface area contributed by atoms with Crippen molar-refractivity contribution in [1.82, 2.24) is 0 Å². The highest BCUT2D eigenvalue weighted by Crippen LogP contribution is 2.12. The molecule has 0 aromatic carbocycles. The summed E-state index contributed by atoms with van der Waals surface area (Å²) < 4.78 is 4.86. The van der Waals surface area contributed by atoms with Gasteiger partial charge in [-0.05, 0) is 6.07 Å². The summed E-state index contributed by atoms with van der Waals surface area (Å²) >= 11 is 1.60. The largest absolute Gasteiger partial charge is 0.481 e. The van der Waals surface area contributed by atoms with Gasteiger partial charge in [0, 0.05) is 17.1 Å². The number of rotatable bonds is 5. The van der Waals surface area contributed by atoms with Crippen LogP contribution in [0, 0.1) is 0 Å². The maximum atomic E-state index is 10.1. The van der Waals surface area contributed by atoms with E-state index in [0.29, 0.717) is 5.75 Å². The summed E-state index contributed by atoms with van der Waals surface area (Å²) in [5.74, 6) is 0.735. The Bertz CT molecular complexity index is 230. The highest BCUT2D eigenvalue weighted by atomic mass is 32.2. The van der Waals surface area contributed by atoms with E-state index in [0.717, 1.165) is 11.3 Å². The number of thioether (sulfide) groups is 1. The molecule has 0 saturated heterocycles. The minimum Gasteiger partial charge on any atom is -0.481 e. The molecule has 0 unspecified atom stereocenters. The number of carboxylic acid groups (broad SMARTS) is 1. The predicted molar refractivity (Wildman–Crippen MR) is 47.1 cm³/mol. The van der Waals surface area contributed by atoms with Crippen LogP contribution in [0.5, 0.6) is 0 Å². The lowest BCUT2D eigenvalue weighted by molar-refractivity contribution is -0.136. The SMILES string of the molecule is O=C(O)CCSCc1ccoc1. The van der Waals surface area contributed by atoms with E-state index in [1.165, 1.54) is 0 Å². The first-order valence-electron chi connectivity index (χ1n) is 3.59. The number of carboxylic acids is 1. The van der Waals surface area contributed by atoms with Crippen molar-refractivity contribution in [2.45, 2.75) is 12.2 Å². The molecule has 1 heterocycles. The quantitative estimate of drug-likeness (QED) is 0.714. The molecule has 0 radical (unpaired) electrons. The van der Waals surface area contributed by atoms with Crippen molar-refractivity contribution in [2.75, 3.05) is 5.75 Å². The van der Waals surface area contributed by atoms with Crippen molar-refractivity contribution in [3.05, 3.63) is 24.2 Å². The molecule has 3 nitrogen and oxygen atoms in total. The second-order valence-corrected chi connectivity index (χ2v) is 3.43. The number of carbonyl (C=O) groups is 1. The van der Waals surface area contributed by atoms with Gasteiger partial charge in [-0.25, -0.2) is 0 Å². The fraction of sp³-hybridized carbons (Fsp3) is 0.375. The van der Waals surface area contributed by atoms with Gasteiger partial charge in [0.1, 0.15) is 0 Å². The summed E-state index contributed by atoms with van der Waals surface area (Å²) in [6.07, 6.45) is 3.52. The maximum Gasteiger partial charge on any atom is 0.304 e. The van der Waals surface area contributed by atoms with Crippen LogP contribution in [-0.2, 0) is 10.5 Å². The van der Waals surface area contributed by atoms with Crippen LogP contribution >= 0.6 is 11.8 Å². The van der Waals surface area contributed by atoms with E-state index in [4.69, 9.17) is 9.52 Å². The lowest BCUT2D eigenvalue weighted by atomic mass is 10.4. The first-order chi connectivity index (χ1) is 5.79. The van der Waals surface area contributed by atoms with E-state index < -0.39 is 5.97 Å². The van der Waals surface area contributed by atoms with Crippen molar-refractivity contribution in [1.29, 1.82) is 0 Å². The Balaban J connectivity index is 2.07. The average Bonchev–Trinajstić information content (AvgIpc) is 2.49. The van der Waals surface area contributed by atoms with E-state index in [-0.39, 0.29) is 6.42 Å². The maximum absolute atomic E-state index is 10.1. The Kier molecular flexibility index (Phi) is 3.73. The van der Waals surface area contributed by atoms with Crippen LogP contribution in [0.2, 0.25) is 0 Å². The molecule has 1 N–H and O–H groups in total. The second kappa shape index (κ2) is 4.87. The molecule has 12 heavy (non-hydrogen) atoms. The van der Waals surface area contributed by atoms with Crippen LogP contribution in [0.3, 0.4) is 0 Å².